The number of benzene rings is 2. The molecule has 0 bridgehead atoms. The Hall–Kier alpha value is -3.75. The fraction of sp³-hybridized carbons (Fsp3) is 0.273. The first-order chi connectivity index (χ1) is 14.9. The summed E-state index contributed by atoms with van der Waals surface area (Å²) >= 11 is 0. The predicted octanol–water partition coefficient (Wildman–Crippen LogP) is 1.56. The summed E-state index contributed by atoms with van der Waals surface area (Å²) in [5, 5.41) is 7.14. The van der Waals surface area contributed by atoms with Gasteiger partial charge in [-0.3, -0.25) is 14.2 Å². The Bertz CT molecular complexity index is 1170. The number of halogens is 1. The summed E-state index contributed by atoms with van der Waals surface area (Å²) in [6.45, 7) is 0.601. The van der Waals surface area contributed by atoms with Gasteiger partial charge in [-0.1, -0.05) is 36.4 Å². The van der Waals surface area contributed by atoms with Crippen molar-refractivity contribution in [3.05, 3.63) is 70.9 Å². The first-order valence-corrected chi connectivity index (χ1v) is 9.97. The molecular formula is C22H22FN5O3. The molecule has 1 N–H and O–H groups in total. The number of amides is 2. The average molecular weight is 423 g/mol. The number of rotatable bonds is 6. The fourth-order valence-electron chi connectivity index (χ4n) is 3.68. The smallest absolute Gasteiger partial charge is 0.345 e. The lowest BCUT2D eigenvalue weighted by molar-refractivity contribution is -0.126. The van der Waals surface area contributed by atoms with Crippen LogP contribution >= 0.6 is 0 Å². The summed E-state index contributed by atoms with van der Waals surface area (Å²) in [4.78, 5) is 38.7. The summed E-state index contributed by atoms with van der Waals surface area (Å²) in [5.74, 6) is -0.923. The minimum Gasteiger partial charge on any atom is -0.354 e. The minimum absolute atomic E-state index is 0.0596. The van der Waals surface area contributed by atoms with Crippen LogP contribution in [0, 0.1) is 11.7 Å². The van der Waals surface area contributed by atoms with E-state index in [1.165, 1.54) is 32.3 Å². The molecule has 1 unspecified atom stereocenters. The monoisotopic (exact) mass is 423 g/mol. The van der Waals surface area contributed by atoms with Crippen LogP contribution in [0.5, 0.6) is 0 Å². The van der Waals surface area contributed by atoms with Gasteiger partial charge >= 0.3 is 5.69 Å². The van der Waals surface area contributed by atoms with Crippen LogP contribution < -0.4 is 15.9 Å². The van der Waals surface area contributed by atoms with Crippen LogP contribution in [0.3, 0.4) is 0 Å². The molecule has 31 heavy (non-hydrogen) atoms. The second kappa shape index (κ2) is 8.55. The van der Waals surface area contributed by atoms with Gasteiger partial charge in [-0.15, -0.1) is 5.10 Å². The summed E-state index contributed by atoms with van der Waals surface area (Å²) in [6.07, 6.45) is 0.0596. The van der Waals surface area contributed by atoms with E-state index in [0.717, 1.165) is 5.56 Å². The zero-order valence-corrected chi connectivity index (χ0v) is 17.0. The van der Waals surface area contributed by atoms with Gasteiger partial charge in [-0.05, 0) is 18.2 Å². The lowest BCUT2D eigenvalue weighted by atomic mass is 10.1. The highest BCUT2D eigenvalue weighted by Gasteiger charge is 2.35. The molecular weight excluding hydrogens is 401 g/mol. The number of aromatic nitrogens is 3. The van der Waals surface area contributed by atoms with Crippen molar-refractivity contribution in [2.24, 2.45) is 13.0 Å². The van der Waals surface area contributed by atoms with Crippen molar-refractivity contribution < 1.29 is 14.0 Å². The maximum Gasteiger partial charge on any atom is 0.345 e. The molecule has 4 rings (SSSR count). The van der Waals surface area contributed by atoms with Gasteiger partial charge in [-0.2, -0.15) is 0 Å². The van der Waals surface area contributed by atoms with Crippen molar-refractivity contribution in [1.29, 1.82) is 0 Å². The highest BCUT2D eigenvalue weighted by molar-refractivity contribution is 6.00. The third-order valence-electron chi connectivity index (χ3n) is 5.31. The second-order valence-electron chi connectivity index (χ2n) is 7.43. The van der Waals surface area contributed by atoms with E-state index in [4.69, 9.17) is 0 Å². The van der Waals surface area contributed by atoms with Gasteiger partial charge in [0.05, 0.1) is 12.5 Å². The van der Waals surface area contributed by atoms with Crippen molar-refractivity contribution in [3.63, 3.8) is 0 Å². The van der Waals surface area contributed by atoms with Gasteiger partial charge in [0.1, 0.15) is 5.82 Å². The molecule has 160 valence electrons. The second-order valence-corrected chi connectivity index (χ2v) is 7.43. The van der Waals surface area contributed by atoms with E-state index in [2.05, 4.69) is 10.4 Å². The zero-order chi connectivity index (χ0) is 22.0. The molecule has 1 atom stereocenters. The summed E-state index contributed by atoms with van der Waals surface area (Å²) < 4.78 is 16.2. The van der Waals surface area contributed by atoms with Gasteiger partial charge < -0.3 is 10.2 Å². The molecule has 0 saturated carbocycles. The van der Waals surface area contributed by atoms with E-state index in [0.29, 0.717) is 11.5 Å². The zero-order valence-electron chi connectivity index (χ0n) is 17.0. The highest BCUT2D eigenvalue weighted by atomic mass is 19.1. The van der Waals surface area contributed by atoms with Gasteiger partial charge in [0, 0.05) is 37.8 Å². The number of hydrogen-bond donors (Lipinski definition) is 1. The molecule has 2 heterocycles. The molecule has 0 aliphatic carbocycles. The summed E-state index contributed by atoms with van der Waals surface area (Å²) in [5.41, 5.74) is 0.988. The van der Waals surface area contributed by atoms with E-state index in [1.54, 1.807) is 13.1 Å². The normalized spacial score (nSPS) is 16.0. The minimum atomic E-state index is -0.531. The first kappa shape index (κ1) is 20.5. The molecule has 1 aliphatic heterocycles. The molecule has 1 fully saturated rings. The number of carbonyl (C=O) groups excluding carboxylic acids is 2. The summed E-state index contributed by atoms with van der Waals surface area (Å²) in [6, 6.07) is 15.1. The Morgan fingerprint density at radius 2 is 1.94 bits per heavy atom. The Balaban J connectivity index is 1.36. The summed E-state index contributed by atoms with van der Waals surface area (Å²) in [7, 11) is 1.65. The Morgan fingerprint density at radius 3 is 2.68 bits per heavy atom. The fourth-order valence-corrected chi connectivity index (χ4v) is 3.68. The van der Waals surface area contributed by atoms with Crippen LogP contribution in [-0.2, 0) is 23.2 Å². The molecule has 0 spiro atoms. The maximum absolute atomic E-state index is 13.4. The molecule has 3 aromatic rings. The predicted molar refractivity (Wildman–Crippen MR) is 113 cm³/mol. The Labute approximate surface area is 177 Å². The number of carbonyl (C=O) groups is 2. The van der Waals surface area contributed by atoms with E-state index < -0.39 is 11.7 Å². The quantitative estimate of drug-likeness (QED) is 0.652. The lowest BCUT2D eigenvalue weighted by Gasteiger charge is -2.16. The first-order valence-electron chi connectivity index (χ1n) is 9.97. The number of hydrogen-bond acceptors (Lipinski definition) is 4. The van der Waals surface area contributed by atoms with Crippen molar-refractivity contribution in [2.75, 3.05) is 18.0 Å². The van der Waals surface area contributed by atoms with Crippen LogP contribution in [0.4, 0.5) is 10.1 Å². The largest absolute Gasteiger partial charge is 0.354 e. The number of nitrogens with zero attached hydrogens (tertiary/aromatic N) is 4. The van der Waals surface area contributed by atoms with Gasteiger partial charge in [0.15, 0.2) is 5.82 Å². The van der Waals surface area contributed by atoms with Gasteiger partial charge in [-0.25, -0.2) is 13.9 Å². The molecule has 1 aliphatic rings. The highest BCUT2D eigenvalue weighted by Crippen LogP contribution is 2.25. The van der Waals surface area contributed by atoms with E-state index >= 15 is 0 Å². The van der Waals surface area contributed by atoms with Crippen molar-refractivity contribution >= 4 is 17.5 Å². The van der Waals surface area contributed by atoms with Crippen molar-refractivity contribution in [3.8, 4) is 11.4 Å². The third kappa shape index (κ3) is 4.25. The molecule has 1 saturated heterocycles. The van der Waals surface area contributed by atoms with Crippen LogP contribution in [0.15, 0.2) is 59.4 Å². The van der Waals surface area contributed by atoms with Crippen molar-refractivity contribution in [2.45, 2.75) is 13.0 Å². The average Bonchev–Trinajstić information content (AvgIpc) is 3.29. The maximum atomic E-state index is 13.4. The molecule has 9 heteroatoms. The number of anilines is 1. The SMILES string of the molecule is Cn1c(-c2ccccc2)nn(CCNC(=O)C2CC(=O)N(c3cccc(F)c3)C2)c1=O. The topological polar surface area (TPSA) is 89.2 Å². The van der Waals surface area contributed by atoms with Gasteiger partial charge in [0.2, 0.25) is 11.8 Å². The van der Waals surface area contributed by atoms with Crippen LogP contribution in [0.1, 0.15) is 6.42 Å². The van der Waals surface area contributed by atoms with E-state index in [1.807, 2.05) is 30.3 Å². The lowest BCUT2D eigenvalue weighted by Crippen LogP contribution is -2.36. The van der Waals surface area contributed by atoms with Gasteiger partial charge in [0.25, 0.3) is 0 Å². The molecule has 2 amide bonds. The number of nitrogens with one attached hydrogen (secondary N) is 1. The van der Waals surface area contributed by atoms with Crippen molar-refractivity contribution in [1.82, 2.24) is 19.7 Å². The van der Waals surface area contributed by atoms with E-state index in [9.17, 15) is 18.8 Å². The van der Waals surface area contributed by atoms with Crippen LogP contribution in [0.2, 0.25) is 0 Å². The standard InChI is InChI=1S/C22H22FN5O3/c1-26-20(15-6-3-2-4-7-15)25-28(22(26)31)11-10-24-21(30)16-12-19(29)27(14-16)18-9-5-8-17(23)13-18/h2-9,13,16H,10-12,14H2,1H3,(H,24,30). The van der Waals surface area contributed by atoms with E-state index in [-0.39, 0.29) is 43.6 Å². The molecule has 1 aromatic heterocycles. The molecule has 2 aromatic carbocycles. The Kier molecular flexibility index (Phi) is 5.66. The van der Waals surface area contributed by atoms with Crippen LogP contribution in [-0.4, -0.2) is 39.3 Å². The third-order valence-corrected chi connectivity index (χ3v) is 5.31. The van der Waals surface area contributed by atoms with Crippen LogP contribution in [0.25, 0.3) is 11.4 Å². The Morgan fingerprint density at radius 1 is 1.16 bits per heavy atom. The molecule has 0 radical (unpaired) electrons. The molecule has 8 nitrogen and oxygen atoms in total.